The second kappa shape index (κ2) is 38.6. The third-order valence-electron chi connectivity index (χ3n) is 9.34. The number of carbonyl (C=O) groups is 3. The molecule has 0 aliphatic heterocycles. The van der Waals surface area contributed by atoms with Crippen molar-refractivity contribution >= 4 is 17.9 Å². The van der Waals surface area contributed by atoms with Gasteiger partial charge < -0.3 is 23.8 Å². The van der Waals surface area contributed by atoms with Gasteiger partial charge in [-0.05, 0) is 83.5 Å². The molecule has 56 heavy (non-hydrogen) atoms. The monoisotopic (exact) mass is 785 g/mol. The van der Waals surface area contributed by atoms with E-state index in [1.807, 2.05) is 21.1 Å². The van der Waals surface area contributed by atoms with E-state index in [1.165, 1.54) is 51.4 Å². The van der Waals surface area contributed by atoms with Crippen LogP contribution in [0, 0.1) is 0 Å². The average Bonchev–Trinajstić information content (AvgIpc) is 3.15. The number of hydrogen-bond acceptors (Lipinski definition) is 6. The first-order chi connectivity index (χ1) is 27.1. The number of carbonyl (C=O) groups excluding carboxylic acids is 2. The summed E-state index contributed by atoms with van der Waals surface area (Å²) < 4.78 is 17.2. The number of hydrogen-bond donors (Lipinski definition) is 1. The zero-order valence-corrected chi connectivity index (χ0v) is 36.3. The van der Waals surface area contributed by atoms with E-state index in [4.69, 9.17) is 14.2 Å². The van der Waals surface area contributed by atoms with E-state index in [0.717, 1.165) is 70.6 Å². The molecular formula is C48H82NO7+. The summed E-state index contributed by atoms with van der Waals surface area (Å²) >= 11 is 0. The summed E-state index contributed by atoms with van der Waals surface area (Å²) in [6.07, 6.45) is 48.0. The van der Waals surface area contributed by atoms with E-state index in [1.54, 1.807) is 0 Å². The molecule has 0 amide bonds. The van der Waals surface area contributed by atoms with Crippen LogP contribution < -0.4 is 0 Å². The Labute approximate surface area is 342 Å². The summed E-state index contributed by atoms with van der Waals surface area (Å²) in [5.41, 5.74) is 0. The molecular weight excluding hydrogens is 703 g/mol. The Morgan fingerprint density at radius 2 is 1.00 bits per heavy atom. The first-order valence-electron chi connectivity index (χ1n) is 22.0. The van der Waals surface area contributed by atoms with Crippen molar-refractivity contribution < 1.29 is 38.2 Å². The van der Waals surface area contributed by atoms with Crippen LogP contribution in [-0.4, -0.2) is 80.6 Å². The van der Waals surface area contributed by atoms with Gasteiger partial charge >= 0.3 is 17.9 Å². The van der Waals surface area contributed by atoms with E-state index in [2.05, 4.69) is 86.8 Å². The highest BCUT2D eigenvalue weighted by Gasteiger charge is 2.31. The van der Waals surface area contributed by atoms with Gasteiger partial charge in [-0.25, -0.2) is 4.79 Å². The van der Waals surface area contributed by atoms with E-state index in [-0.39, 0.29) is 42.7 Å². The van der Waals surface area contributed by atoms with Crippen molar-refractivity contribution in [2.45, 2.75) is 174 Å². The smallest absolute Gasteiger partial charge is 0.362 e. The minimum absolute atomic E-state index is 0.0381. The van der Waals surface area contributed by atoms with Crippen molar-refractivity contribution in [1.82, 2.24) is 0 Å². The Morgan fingerprint density at radius 3 is 1.52 bits per heavy atom. The second-order valence-corrected chi connectivity index (χ2v) is 15.6. The molecule has 0 aromatic heterocycles. The lowest BCUT2D eigenvalue weighted by Gasteiger charge is -2.31. The summed E-state index contributed by atoms with van der Waals surface area (Å²) in [7, 11) is 5.50. The maximum Gasteiger partial charge on any atom is 0.362 e. The van der Waals surface area contributed by atoms with Gasteiger partial charge in [0.1, 0.15) is 6.61 Å². The summed E-state index contributed by atoms with van der Waals surface area (Å²) in [4.78, 5) is 37.0. The Kier molecular flexibility index (Phi) is 36.4. The molecule has 0 radical (unpaired) electrons. The third-order valence-corrected chi connectivity index (χ3v) is 9.34. The van der Waals surface area contributed by atoms with Crippen LogP contribution in [0.15, 0.2) is 72.9 Å². The van der Waals surface area contributed by atoms with Crippen molar-refractivity contribution in [2.75, 3.05) is 41.0 Å². The topological polar surface area (TPSA) is 99.1 Å². The number of esters is 2. The fraction of sp³-hybridized carbons (Fsp3) is 0.688. The number of allylic oxidation sites excluding steroid dienone is 12. The molecule has 0 fully saturated rings. The molecule has 0 saturated carbocycles. The minimum atomic E-state index is -0.886. The average molecular weight is 785 g/mol. The molecule has 2 atom stereocenters. The summed E-state index contributed by atoms with van der Waals surface area (Å²) in [6, 6.07) is -0.626. The molecule has 320 valence electrons. The van der Waals surface area contributed by atoms with E-state index in [9.17, 15) is 19.5 Å². The highest BCUT2D eigenvalue weighted by Crippen LogP contribution is 2.13. The van der Waals surface area contributed by atoms with Crippen LogP contribution in [-0.2, 0) is 28.6 Å². The number of carboxylic acids is 1. The molecule has 0 aliphatic rings. The fourth-order valence-corrected chi connectivity index (χ4v) is 5.93. The second-order valence-electron chi connectivity index (χ2n) is 15.6. The summed E-state index contributed by atoms with van der Waals surface area (Å²) in [6.45, 7) is 4.53. The zero-order chi connectivity index (χ0) is 41.4. The number of likely N-dealkylation sites (N-methyl/N-ethyl adjacent to an activating group) is 1. The Balaban J connectivity index is 4.43. The molecule has 1 N–H and O–H groups in total. The van der Waals surface area contributed by atoms with Crippen LogP contribution in [0.2, 0.25) is 0 Å². The Hall–Kier alpha value is -3.23. The van der Waals surface area contributed by atoms with E-state index < -0.39 is 18.1 Å². The quantitative estimate of drug-likeness (QED) is 0.0288. The van der Waals surface area contributed by atoms with Gasteiger partial charge in [0.25, 0.3) is 0 Å². The molecule has 2 unspecified atom stereocenters. The molecule has 0 spiro atoms. The maximum atomic E-state index is 12.7. The first-order valence-corrected chi connectivity index (χ1v) is 22.0. The van der Waals surface area contributed by atoms with Crippen LogP contribution in [0.5, 0.6) is 0 Å². The standard InChI is InChI=1S/C48H81NO7/c1-6-8-10-12-14-16-18-20-22-23-25-26-28-30-32-34-36-38-46(50)55-43-44(42-54-41-40-45(48(52)53)49(3,4)5)56-47(51)39-37-35-33-31-29-27-24-21-19-17-15-13-11-9-7-2/h9,11,14-17,20-22,24,29,31,44-45H,6-8,10,12-13,18-19,23,25-28,30,32-43H2,1-5H3/p+1/b11-9-,16-14-,17-15-,22-20-,24-21-,31-29-. The van der Waals surface area contributed by atoms with Gasteiger partial charge in [-0.15, -0.1) is 0 Å². The SMILES string of the molecule is CC/C=C\C/C=C\C/C=C\C/C=C\CCCCC(=O)OC(COCCC(C(=O)O)[N+](C)(C)C)COC(=O)CCCCCCCCC/C=C\C/C=C\CCCCC. The largest absolute Gasteiger partial charge is 0.477 e. The number of quaternary nitrogens is 1. The van der Waals surface area contributed by atoms with Gasteiger partial charge in [-0.2, -0.15) is 0 Å². The maximum absolute atomic E-state index is 12.7. The molecule has 0 rings (SSSR count). The molecule has 0 heterocycles. The van der Waals surface area contributed by atoms with E-state index >= 15 is 0 Å². The van der Waals surface area contributed by atoms with Gasteiger partial charge in [-0.3, -0.25) is 9.59 Å². The fourth-order valence-electron chi connectivity index (χ4n) is 5.93. The Morgan fingerprint density at radius 1 is 0.554 bits per heavy atom. The van der Waals surface area contributed by atoms with Gasteiger partial charge in [-0.1, -0.05) is 132 Å². The predicted octanol–water partition coefficient (Wildman–Crippen LogP) is 12.0. The van der Waals surface area contributed by atoms with Crippen LogP contribution in [0.1, 0.15) is 162 Å². The molecule has 0 aromatic carbocycles. The van der Waals surface area contributed by atoms with Gasteiger partial charge in [0.05, 0.1) is 34.4 Å². The minimum Gasteiger partial charge on any atom is -0.477 e. The lowest BCUT2D eigenvalue weighted by molar-refractivity contribution is -0.887. The van der Waals surface area contributed by atoms with Crippen LogP contribution >= 0.6 is 0 Å². The number of nitrogens with zero attached hydrogens (tertiary/aromatic N) is 1. The highest BCUT2D eigenvalue weighted by molar-refractivity contribution is 5.72. The lowest BCUT2D eigenvalue weighted by atomic mass is 10.1. The molecule has 8 heteroatoms. The lowest BCUT2D eigenvalue weighted by Crippen LogP contribution is -2.50. The van der Waals surface area contributed by atoms with Crippen molar-refractivity contribution in [2.24, 2.45) is 0 Å². The van der Waals surface area contributed by atoms with Gasteiger partial charge in [0, 0.05) is 19.3 Å². The molecule has 8 nitrogen and oxygen atoms in total. The molecule has 0 bridgehead atoms. The number of unbranched alkanes of at least 4 members (excludes halogenated alkanes) is 12. The summed E-state index contributed by atoms with van der Waals surface area (Å²) in [5, 5.41) is 9.61. The van der Waals surface area contributed by atoms with Gasteiger partial charge in [0.2, 0.25) is 0 Å². The first kappa shape index (κ1) is 52.8. The van der Waals surface area contributed by atoms with Crippen molar-refractivity contribution in [3.63, 3.8) is 0 Å². The predicted molar refractivity (Wildman–Crippen MR) is 233 cm³/mol. The van der Waals surface area contributed by atoms with Crippen molar-refractivity contribution in [3.8, 4) is 0 Å². The number of rotatable bonds is 38. The van der Waals surface area contributed by atoms with Crippen LogP contribution in [0.3, 0.4) is 0 Å². The molecule has 0 aromatic rings. The van der Waals surface area contributed by atoms with Crippen LogP contribution in [0.4, 0.5) is 0 Å². The molecule has 0 aliphatic carbocycles. The summed E-state index contributed by atoms with van der Waals surface area (Å²) in [5.74, 6) is -1.54. The van der Waals surface area contributed by atoms with Crippen molar-refractivity contribution in [3.05, 3.63) is 72.9 Å². The third kappa shape index (κ3) is 36.4. The Bertz CT molecular complexity index is 1140. The molecule has 0 saturated heterocycles. The van der Waals surface area contributed by atoms with E-state index in [0.29, 0.717) is 19.3 Å². The van der Waals surface area contributed by atoms with Crippen molar-refractivity contribution in [1.29, 1.82) is 0 Å². The highest BCUT2D eigenvalue weighted by atomic mass is 16.6. The number of carboxylic acid groups (broad SMARTS) is 1. The normalized spacial score (nSPS) is 13.7. The number of ether oxygens (including phenoxy) is 3. The number of aliphatic carboxylic acids is 1. The zero-order valence-electron chi connectivity index (χ0n) is 36.3. The van der Waals surface area contributed by atoms with Gasteiger partial charge in [0.15, 0.2) is 12.1 Å². The van der Waals surface area contributed by atoms with Crippen LogP contribution in [0.25, 0.3) is 0 Å².